The molecule has 94 valence electrons. The molecule has 0 bridgehead atoms. The number of allylic oxidation sites excluding steroid dienone is 1. The van der Waals surface area contributed by atoms with E-state index >= 15 is 0 Å². The summed E-state index contributed by atoms with van der Waals surface area (Å²) in [6.07, 6.45) is 10.7. The highest BCUT2D eigenvalue weighted by molar-refractivity contribution is 4.82. The van der Waals surface area contributed by atoms with Crippen molar-refractivity contribution in [1.82, 2.24) is 0 Å². The van der Waals surface area contributed by atoms with E-state index in [9.17, 15) is 0 Å². The Morgan fingerprint density at radius 3 is 2.25 bits per heavy atom. The first-order valence-corrected chi connectivity index (χ1v) is 6.97. The van der Waals surface area contributed by atoms with Crippen LogP contribution in [0.4, 0.5) is 0 Å². The highest BCUT2D eigenvalue weighted by Crippen LogP contribution is 2.23. The molecule has 0 aliphatic heterocycles. The van der Waals surface area contributed by atoms with Crippen molar-refractivity contribution in [2.24, 2.45) is 17.8 Å². The Hall–Kier alpha value is -0.480. The predicted molar refractivity (Wildman–Crippen MR) is 74.6 cm³/mol. The summed E-state index contributed by atoms with van der Waals surface area (Å²) in [5.74, 6) is 2.63. The minimum atomic E-state index is 0.862. The molecule has 0 spiro atoms. The SMILES string of the molecule is CC=C=CCCC(C)CCC(C)C(C)CC. The monoisotopic (exact) mass is 222 g/mol. The van der Waals surface area contributed by atoms with Gasteiger partial charge in [0.05, 0.1) is 0 Å². The van der Waals surface area contributed by atoms with E-state index in [2.05, 4.69) is 39.5 Å². The molecule has 0 aliphatic rings. The lowest BCUT2D eigenvalue weighted by atomic mass is 9.86. The minimum Gasteiger partial charge on any atom is -0.130 e. The summed E-state index contributed by atoms with van der Waals surface area (Å²) in [5.41, 5.74) is 3.15. The third kappa shape index (κ3) is 7.77. The lowest BCUT2D eigenvalue weighted by Crippen LogP contribution is -2.08. The Kier molecular flexibility index (Phi) is 9.43. The Balaban J connectivity index is 3.64. The molecule has 0 heterocycles. The molecule has 0 aromatic carbocycles. The lowest BCUT2D eigenvalue weighted by Gasteiger charge is -2.20. The number of hydrogen-bond donors (Lipinski definition) is 0. The zero-order valence-corrected chi connectivity index (χ0v) is 11.9. The highest BCUT2D eigenvalue weighted by atomic mass is 14.2. The van der Waals surface area contributed by atoms with E-state index in [1.54, 1.807) is 0 Å². The van der Waals surface area contributed by atoms with Crippen LogP contribution in [-0.2, 0) is 0 Å². The van der Waals surface area contributed by atoms with Crippen molar-refractivity contribution < 1.29 is 0 Å². The molecule has 0 aromatic rings. The third-order valence-corrected chi connectivity index (χ3v) is 3.82. The highest BCUT2D eigenvalue weighted by Gasteiger charge is 2.11. The molecule has 0 N–H and O–H groups in total. The summed E-state index contributed by atoms with van der Waals surface area (Å²) in [7, 11) is 0. The van der Waals surface area contributed by atoms with Gasteiger partial charge in [-0.1, -0.05) is 47.0 Å². The molecule has 0 rings (SSSR count). The second-order valence-corrected chi connectivity index (χ2v) is 5.28. The van der Waals surface area contributed by atoms with E-state index in [-0.39, 0.29) is 0 Å². The molecule has 0 saturated carbocycles. The molecule has 0 heteroatoms. The van der Waals surface area contributed by atoms with Crippen LogP contribution in [0.15, 0.2) is 17.9 Å². The van der Waals surface area contributed by atoms with Crippen LogP contribution < -0.4 is 0 Å². The van der Waals surface area contributed by atoms with E-state index in [1.807, 2.05) is 13.0 Å². The van der Waals surface area contributed by atoms with Crippen LogP contribution in [0.3, 0.4) is 0 Å². The lowest BCUT2D eigenvalue weighted by molar-refractivity contribution is 0.320. The molecule has 0 fully saturated rings. The molecule has 3 unspecified atom stereocenters. The third-order valence-electron chi connectivity index (χ3n) is 3.82. The first-order valence-electron chi connectivity index (χ1n) is 6.97. The Morgan fingerprint density at radius 1 is 1.00 bits per heavy atom. The van der Waals surface area contributed by atoms with Crippen LogP contribution in [0, 0.1) is 17.8 Å². The largest absolute Gasteiger partial charge is 0.130 e. The van der Waals surface area contributed by atoms with Gasteiger partial charge in [-0.25, -0.2) is 0 Å². The molecule has 0 aliphatic carbocycles. The van der Waals surface area contributed by atoms with Gasteiger partial charge in [-0.05, 0) is 49.7 Å². The van der Waals surface area contributed by atoms with E-state index in [0.29, 0.717) is 0 Å². The molecule has 16 heavy (non-hydrogen) atoms. The van der Waals surface area contributed by atoms with Gasteiger partial charge in [0, 0.05) is 0 Å². The van der Waals surface area contributed by atoms with Crippen molar-refractivity contribution >= 4 is 0 Å². The molecule has 0 nitrogen and oxygen atoms in total. The Labute approximate surface area is 103 Å². The van der Waals surface area contributed by atoms with Crippen LogP contribution in [0.2, 0.25) is 0 Å². The zero-order chi connectivity index (χ0) is 12.4. The minimum absolute atomic E-state index is 0.862. The van der Waals surface area contributed by atoms with Crippen LogP contribution in [0.25, 0.3) is 0 Å². The van der Waals surface area contributed by atoms with E-state index in [4.69, 9.17) is 0 Å². The average Bonchev–Trinajstić information content (AvgIpc) is 2.30. The molecule has 3 atom stereocenters. The summed E-state index contributed by atoms with van der Waals surface area (Å²) >= 11 is 0. The smallest absolute Gasteiger partial charge is 0.0272 e. The fraction of sp³-hybridized carbons (Fsp3) is 0.812. The topological polar surface area (TPSA) is 0 Å². The Bertz CT molecular complexity index is 208. The van der Waals surface area contributed by atoms with E-state index in [1.165, 1.54) is 32.1 Å². The van der Waals surface area contributed by atoms with Crippen LogP contribution in [-0.4, -0.2) is 0 Å². The summed E-state index contributed by atoms with van der Waals surface area (Å²) in [6, 6.07) is 0. The molecule has 0 radical (unpaired) electrons. The van der Waals surface area contributed by atoms with Gasteiger partial charge in [0.2, 0.25) is 0 Å². The van der Waals surface area contributed by atoms with Crippen LogP contribution >= 0.6 is 0 Å². The zero-order valence-electron chi connectivity index (χ0n) is 11.9. The normalized spacial score (nSPS) is 16.1. The van der Waals surface area contributed by atoms with Gasteiger partial charge in [-0.2, -0.15) is 0 Å². The van der Waals surface area contributed by atoms with Gasteiger partial charge in [0.15, 0.2) is 0 Å². The van der Waals surface area contributed by atoms with E-state index in [0.717, 1.165) is 17.8 Å². The molecular weight excluding hydrogens is 192 g/mol. The van der Waals surface area contributed by atoms with Crippen molar-refractivity contribution in [2.45, 2.75) is 66.7 Å². The fourth-order valence-corrected chi connectivity index (χ4v) is 1.95. The number of rotatable bonds is 8. The quantitative estimate of drug-likeness (QED) is 0.469. The van der Waals surface area contributed by atoms with Crippen molar-refractivity contribution in [1.29, 1.82) is 0 Å². The van der Waals surface area contributed by atoms with Crippen molar-refractivity contribution in [3.63, 3.8) is 0 Å². The summed E-state index contributed by atoms with van der Waals surface area (Å²) in [6.45, 7) is 11.5. The summed E-state index contributed by atoms with van der Waals surface area (Å²) in [4.78, 5) is 0. The second-order valence-electron chi connectivity index (χ2n) is 5.28. The van der Waals surface area contributed by atoms with Gasteiger partial charge in [0.25, 0.3) is 0 Å². The van der Waals surface area contributed by atoms with Gasteiger partial charge in [0.1, 0.15) is 0 Å². The standard InChI is InChI=1S/C16H30/c1-6-8-9-10-11-14(3)12-13-16(5)15(4)7-2/h6,9,14-16H,7,10-13H2,1-5H3. The van der Waals surface area contributed by atoms with E-state index < -0.39 is 0 Å². The number of hydrogen-bond acceptors (Lipinski definition) is 0. The average molecular weight is 222 g/mol. The first kappa shape index (κ1) is 15.5. The maximum Gasteiger partial charge on any atom is -0.0272 e. The maximum absolute atomic E-state index is 3.15. The van der Waals surface area contributed by atoms with Crippen LogP contribution in [0.1, 0.15) is 66.7 Å². The molecule has 0 aromatic heterocycles. The van der Waals surface area contributed by atoms with Gasteiger partial charge >= 0.3 is 0 Å². The van der Waals surface area contributed by atoms with Crippen molar-refractivity contribution in [3.05, 3.63) is 17.9 Å². The van der Waals surface area contributed by atoms with Crippen molar-refractivity contribution in [2.75, 3.05) is 0 Å². The van der Waals surface area contributed by atoms with Gasteiger partial charge in [-0.3, -0.25) is 0 Å². The van der Waals surface area contributed by atoms with Crippen molar-refractivity contribution in [3.8, 4) is 0 Å². The first-order chi connectivity index (χ1) is 7.61. The van der Waals surface area contributed by atoms with Gasteiger partial charge < -0.3 is 0 Å². The van der Waals surface area contributed by atoms with Gasteiger partial charge in [-0.15, -0.1) is 5.73 Å². The van der Waals surface area contributed by atoms with Crippen LogP contribution in [0.5, 0.6) is 0 Å². The Morgan fingerprint density at radius 2 is 1.69 bits per heavy atom. The fourth-order valence-electron chi connectivity index (χ4n) is 1.95. The molecular formula is C16H30. The summed E-state index contributed by atoms with van der Waals surface area (Å²) < 4.78 is 0. The second kappa shape index (κ2) is 9.73. The summed E-state index contributed by atoms with van der Waals surface area (Å²) in [5, 5.41) is 0. The predicted octanol–water partition coefficient (Wildman–Crippen LogP) is 5.60. The maximum atomic E-state index is 3.15. The molecule has 0 saturated heterocycles. The molecule has 0 amide bonds.